The number of fused-ring (bicyclic) bond motifs is 5. The van der Waals surface area contributed by atoms with Crippen LogP contribution in [0.15, 0.2) is 11.6 Å². The topological polar surface area (TPSA) is 72.5 Å². The van der Waals surface area contributed by atoms with Crippen molar-refractivity contribution in [3.05, 3.63) is 11.6 Å². The molecular formula is C21H29NO4. The van der Waals surface area contributed by atoms with E-state index in [0.29, 0.717) is 24.5 Å². The zero-order valence-corrected chi connectivity index (χ0v) is 16.0. The second-order valence-corrected chi connectivity index (χ2v) is 9.23. The van der Waals surface area contributed by atoms with Gasteiger partial charge in [-0.25, -0.2) is 0 Å². The normalized spacial score (nSPS) is 44.8. The van der Waals surface area contributed by atoms with Crippen molar-refractivity contribution in [2.75, 3.05) is 0 Å². The van der Waals surface area contributed by atoms with Gasteiger partial charge < -0.3 is 10.1 Å². The molecule has 4 aliphatic rings. The van der Waals surface area contributed by atoms with Crippen molar-refractivity contribution in [3.63, 3.8) is 0 Å². The van der Waals surface area contributed by atoms with Crippen LogP contribution in [0.25, 0.3) is 0 Å². The number of rotatable bonds is 1. The van der Waals surface area contributed by atoms with Crippen LogP contribution in [-0.2, 0) is 19.1 Å². The minimum Gasteiger partial charge on any atom is -0.462 e. The number of Topliss-reactive ketones (excluding diaryl/α,β-unsaturated/α-hetero) is 1. The highest BCUT2D eigenvalue weighted by Crippen LogP contribution is 2.59. The number of ether oxygens (including phenoxy) is 1. The smallest absolute Gasteiger partial charge is 0.302 e. The highest BCUT2D eigenvalue weighted by molar-refractivity contribution is 5.90. The minimum atomic E-state index is -0.274. The van der Waals surface area contributed by atoms with E-state index in [1.165, 1.54) is 6.92 Å². The molecule has 0 saturated heterocycles. The molecule has 0 spiro atoms. The molecule has 3 aliphatic carbocycles. The van der Waals surface area contributed by atoms with Crippen molar-refractivity contribution < 1.29 is 19.1 Å². The Morgan fingerprint density at radius 2 is 1.81 bits per heavy atom. The summed E-state index contributed by atoms with van der Waals surface area (Å²) in [6.07, 6.45) is 7.45. The van der Waals surface area contributed by atoms with E-state index >= 15 is 0 Å². The molecule has 1 heterocycles. The summed E-state index contributed by atoms with van der Waals surface area (Å²) in [6.45, 7) is 5.83. The van der Waals surface area contributed by atoms with Crippen LogP contribution in [0, 0.1) is 22.7 Å². The van der Waals surface area contributed by atoms with Crippen LogP contribution in [0.4, 0.5) is 0 Å². The third kappa shape index (κ3) is 2.54. The van der Waals surface area contributed by atoms with Crippen LogP contribution in [0.2, 0.25) is 0 Å². The first-order chi connectivity index (χ1) is 12.2. The highest BCUT2D eigenvalue weighted by Gasteiger charge is 2.59. The number of nitrogens with one attached hydrogen (secondary N) is 1. The summed E-state index contributed by atoms with van der Waals surface area (Å²) >= 11 is 0. The van der Waals surface area contributed by atoms with Crippen LogP contribution in [0.3, 0.4) is 0 Å². The largest absolute Gasteiger partial charge is 0.462 e. The van der Waals surface area contributed by atoms with E-state index < -0.39 is 0 Å². The number of carbonyl (C=O) groups excluding carboxylic acids is 3. The summed E-state index contributed by atoms with van der Waals surface area (Å²) in [5, 5.41) is 3.26. The molecule has 0 aromatic carbocycles. The van der Waals surface area contributed by atoms with Gasteiger partial charge in [-0.1, -0.05) is 19.4 Å². The number of carbonyl (C=O) groups is 3. The Morgan fingerprint density at radius 3 is 2.54 bits per heavy atom. The molecule has 3 saturated carbocycles. The molecule has 26 heavy (non-hydrogen) atoms. The SMILES string of the molecule is CC(=O)O[C@H]1CC[C@@]2(C)C(=CC(=O)N[C@@H]3[C@@H]2CC[C@]2(C)C(=O)CC[C@@H]32)C1. The Balaban J connectivity index is 1.66. The number of amides is 1. The van der Waals surface area contributed by atoms with Crippen molar-refractivity contribution >= 4 is 17.7 Å². The van der Waals surface area contributed by atoms with Gasteiger partial charge in [-0.3, -0.25) is 14.4 Å². The molecule has 0 aromatic rings. The van der Waals surface area contributed by atoms with Gasteiger partial charge in [-0.15, -0.1) is 0 Å². The number of hydrogen-bond donors (Lipinski definition) is 1. The maximum atomic E-state index is 12.7. The quantitative estimate of drug-likeness (QED) is 0.731. The molecule has 5 nitrogen and oxygen atoms in total. The van der Waals surface area contributed by atoms with Gasteiger partial charge in [-0.05, 0) is 49.4 Å². The zero-order valence-electron chi connectivity index (χ0n) is 16.0. The van der Waals surface area contributed by atoms with Gasteiger partial charge in [-0.2, -0.15) is 0 Å². The maximum Gasteiger partial charge on any atom is 0.302 e. The molecule has 1 amide bonds. The van der Waals surface area contributed by atoms with E-state index in [0.717, 1.165) is 37.7 Å². The molecule has 0 unspecified atom stereocenters. The lowest BCUT2D eigenvalue weighted by Gasteiger charge is -2.53. The van der Waals surface area contributed by atoms with Crippen LogP contribution in [-0.4, -0.2) is 29.8 Å². The van der Waals surface area contributed by atoms with Crippen molar-refractivity contribution in [2.45, 2.75) is 77.9 Å². The van der Waals surface area contributed by atoms with E-state index in [4.69, 9.17) is 4.74 Å². The van der Waals surface area contributed by atoms with E-state index in [-0.39, 0.29) is 40.8 Å². The van der Waals surface area contributed by atoms with Crippen LogP contribution < -0.4 is 5.32 Å². The average Bonchev–Trinajstić information content (AvgIpc) is 2.80. The summed E-state index contributed by atoms with van der Waals surface area (Å²) in [7, 11) is 0. The molecule has 4 rings (SSSR count). The van der Waals surface area contributed by atoms with Gasteiger partial charge in [0.2, 0.25) is 5.91 Å². The van der Waals surface area contributed by atoms with Crippen molar-refractivity contribution in [3.8, 4) is 0 Å². The molecule has 1 aliphatic heterocycles. The molecule has 1 N–H and O–H groups in total. The number of ketones is 1. The molecule has 3 fully saturated rings. The van der Waals surface area contributed by atoms with Crippen LogP contribution >= 0.6 is 0 Å². The van der Waals surface area contributed by atoms with Gasteiger partial charge in [0, 0.05) is 37.3 Å². The lowest BCUT2D eigenvalue weighted by molar-refractivity contribution is -0.148. The lowest BCUT2D eigenvalue weighted by atomic mass is 9.53. The molecule has 5 heteroatoms. The monoisotopic (exact) mass is 359 g/mol. The minimum absolute atomic E-state index is 0.0502. The molecule has 6 atom stereocenters. The number of hydrogen-bond acceptors (Lipinski definition) is 4. The molecule has 142 valence electrons. The van der Waals surface area contributed by atoms with Crippen LogP contribution in [0.1, 0.15) is 65.7 Å². The van der Waals surface area contributed by atoms with Gasteiger partial charge in [0.1, 0.15) is 11.9 Å². The Morgan fingerprint density at radius 1 is 1.12 bits per heavy atom. The fourth-order valence-corrected chi connectivity index (χ4v) is 6.38. The predicted octanol–water partition coefficient (Wildman–Crippen LogP) is 2.93. The summed E-state index contributed by atoms with van der Waals surface area (Å²) in [6, 6.07) is 0.0664. The molecule has 0 radical (unpaired) electrons. The second kappa shape index (κ2) is 5.93. The fourth-order valence-electron chi connectivity index (χ4n) is 6.38. The zero-order chi connectivity index (χ0) is 18.7. The average molecular weight is 359 g/mol. The van der Waals surface area contributed by atoms with Gasteiger partial charge in [0.25, 0.3) is 0 Å². The van der Waals surface area contributed by atoms with E-state index in [2.05, 4.69) is 19.2 Å². The highest BCUT2D eigenvalue weighted by atomic mass is 16.5. The van der Waals surface area contributed by atoms with Gasteiger partial charge in [0.05, 0.1) is 0 Å². The standard InChI is InChI=1S/C21H29NO4/c1-12(23)26-14-6-8-20(2)13(10-14)11-18(25)22-19-15-4-5-17(24)21(15,3)9-7-16(19)20/h11,14-16,19H,4-10H2,1-3H3,(H,22,25)/t14-,15-,16-,19-,20-,21-/m0/s1. The van der Waals surface area contributed by atoms with Crippen molar-refractivity contribution in [2.24, 2.45) is 22.7 Å². The molecule has 0 aromatic heterocycles. The summed E-state index contributed by atoms with van der Waals surface area (Å²) < 4.78 is 5.44. The molecular weight excluding hydrogens is 330 g/mol. The first-order valence-electron chi connectivity index (χ1n) is 9.96. The lowest BCUT2D eigenvalue weighted by Crippen LogP contribution is -2.56. The van der Waals surface area contributed by atoms with Crippen LogP contribution in [0.5, 0.6) is 0 Å². The Hall–Kier alpha value is -1.65. The number of esters is 1. The summed E-state index contributed by atoms with van der Waals surface area (Å²) in [5.74, 6) is 0.658. The van der Waals surface area contributed by atoms with Crippen molar-refractivity contribution in [1.82, 2.24) is 5.32 Å². The summed E-state index contributed by atoms with van der Waals surface area (Å²) in [5.41, 5.74) is 0.783. The van der Waals surface area contributed by atoms with Gasteiger partial charge in [0.15, 0.2) is 0 Å². The maximum absolute atomic E-state index is 12.7. The van der Waals surface area contributed by atoms with E-state index in [9.17, 15) is 14.4 Å². The summed E-state index contributed by atoms with van der Waals surface area (Å²) in [4.78, 5) is 36.5. The van der Waals surface area contributed by atoms with E-state index in [1.54, 1.807) is 6.08 Å². The fraction of sp³-hybridized carbons (Fsp3) is 0.762. The predicted molar refractivity (Wildman–Crippen MR) is 96.1 cm³/mol. The Labute approximate surface area is 154 Å². The molecule has 0 bridgehead atoms. The Bertz CT molecular complexity index is 698. The van der Waals surface area contributed by atoms with Gasteiger partial charge >= 0.3 is 5.97 Å². The Kier molecular flexibility index (Phi) is 4.05. The third-order valence-corrected chi connectivity index (χ3v) is 7.91. The second-order valence-electron chi connectivity index (χ2n) is 9.23. The van der Waals surface area contributed by atoms with E-state index in [1.807, 2.05) is 0 Å². The van der Waals surface area contributed by atoms with Crippen molar-refractivity contribution in [1.29, 1.82) is 0 Å². The first kappa shape index (κ1) is 17.7. The first-order valence-corrected chi connectivity index (χ1v) is 9.96. The third-order valence-electron chi connectivity index (χ3n) is 7.91.